The predicted molar refractivity (Wildman–Crippen MR) is 124 cm³/mol. The van der Waals surface area contributed by atoms with Crippen molar-refractivity contribution in [2.24, 2.45) is 7.05 Å². The number of rotatable bonds is 10. The zero-order chi connectivity index (χ0) is 23.8. The molecule has 0 atom stereocenters. The van der Waals surface area contributed by atoms with Crippen LogP contribution in [0, 0.1) is 0 Å². The molecule has 2 N–H and O–H groups in total. The highest BCUT2D eigenvalue weighted by molar-refractivity contribution is 7.99. The Balaban J connectivity index is 1.55. The van der Waals surface area contributed by atoms with Crippen LogP contribution in [0.2, 0.25) is 0 Å². The van der Waals surface area contributed by atoms with Gasteiger partial charge in [0, 0.05) is 12.6 Å². The Morgan fingerprint density at radius 2 is 1.70 bits per heavy atom. The first-order chi connectivity index (χ1) is 16.0. The third-order valence-corrected chi connectivity index (χ3v) is 5.71. The Hall–Kier alpha value is -3.73. The van der Waals surface area contributed by atoms with Gasteiger partial charge in [-0.15, -0.1) is 10.2 Å². The number of aromatic nitrogens is 3. The minimum Gasteiger partial charge on any atom is -0.495 e. The van der Waals surface area contributed by atoms with E-state index in [-0.39, 0.29) is 24.1 Å². The number of hydrogen-bond donors (Lipinski definition) is 2. The van der Waals surface area contributed by atoms with Crippen LogP contribution < -0.4 is 24.8 Å². The van der Waals surface area contributed by atoms with E-state index in [1.54, 1.807) is 49.1 Å². The van der Waals surface area contributed by atoms with Gasteiger partial charge in [-0.1, -0.05) is 23.9 Å². The lowest BCUT2D eigenvalue weighted by Crippen LogP contribution is -2.24. The molecule has 0 unspecified atom stereocenters. The summed E-state index contributed by atoms with van der Waals surface area (Å²) in [6.07, 6.45) is 0. The van der Waals surface area contributed by atoms with Crippen molar-refractivity contribution in [3.05, 3.63) is 53.9 Å². The van der Waals surface area contributed by atoms with Gasteiger partial charge in [-0.2, -0.15) is 0 Å². The number of benzene rings is 2. The summed E-state index contributed by atoms with van der Waals surface area (Å²) < 4.78 is 17.4. The number of nitrogens with zero attached hydrogens (tertiary/aromatic N) is 3. The molecule has 11 heteroatoms. The van der Waals surface area contributed by atoms with E-state index >= 15 is 0 Å². The zero-order valence-electron chi connectivity index (χ0n) is 18.7. The van der Waals surface area contributed by atoms with E-state index in [1.807, 2.05) is 12.1 Å². The van der Waals surface area contributed by atoms with Crippen molar-refractivity contribution < 1.29 is 23.8 Å². The summed E-state index contributed by atoms with van der Waals surface area (Å²) in [5.74, 6) is 1.80. The summed E-state index contributed by atoms with van der Waals surface area (Å²) in [6.45, 7) is 0.171. The molecule has 0 aliphatic rings. The number of anilines is 1. The molecule has 2 amide bonds. The zero-order valence-corrected chi connectivity index (χ0v) is 19.6. The predicted octanol–water partition coefficient (Wildman–Crippen LogP) is 2.50. The van der Waals surface area contributed by atoms with Gasteiger partial charge >= 0.3 is 0 Å². The van der Waals surface area contributed by atoms with Gasteiger partial charge in [0.2, 0.25) is 5.91 Å². The Morgan fingerprint density at radius 3 is 2.42 bits per heavy atom. The van der Waals surface area contributed by atoms with Gasteiger partial charge in [-0.25, -0.2) is 0 Å². The fourth-order valence-electron chi connectivity index (χ4n) is 2.93. The second-order valence-corrected chi connectivity index (χ2v) is 7.69. The third-order valence-electron chi connectivity index (χ3n) is 4.69. The first-order valence-electron chi connectivity index (χ1n) is 9.91. The Bertz CT molecular complexity index is 1130. The van der Waals surface area contributed by atoms with E-state index in [0.717, 1.165) is 0 Å². The summed E-state index contributed by atoms with van der Waals surface area (Å²) in [6, 6.07) is 12.1. The van der Waals surface area contributed by atoms with E-state index in [1.165, 1.54) is 26.0 Å². The van der Waals surface area contributed by atoms with Crippen molar-refractivity contribution in [3.8, 4) is 17.2 Å². The highest BCUT2D eigenvalue weighted by atomic mass is 32.2. The van der Waals surface area contributed by atoms with Crippen LogP contribution in [0.1, 0.15) is 16.2 Å². The van der Waals surface area contributed by atoms with Gasteiger partial charge < -0.3 is 29.4 Å². The molecule has 3 rings (SSSR count). The van der Waals surface area contributed by atoms with Gasteiger partial charge in [-0.05, 0) is 30.3 Å². The highest BCUT2D eigenvalue weighted by Gasteiger charge is 2.15. The second kappa shape index (κ2) is 11.2. The molecule has 0 spiro atoms. The van der Waals surface area contributed by atoms with E-state index in [9.17, 15) is 9.59 Å². The number of carbonyl (C=O) groups excluding carboxylic acids is 2. The summed E-state index contributed by atoms with van der Waals surface area (Å²) in [5.41, 5.74) is 1.03. The first-order valence-corrected chi connectivity index (χ1v) is 10.9. The number of nitrogens with one attached hydrogen (secondary N) is 2. The molecule has 0 fully saturated rings. The van der Waals surface area contributed by atoms with Crippen LogP contribution >= 0.6 is 11.8 Å². The molecule has 0 aliphatic carbocycles. The van der Waals surface area contributed by atoms with Crippen molar-refractivity contribution in [3.63, 3.8) is 0 Å². The number of thioether (sulfide) groups is 1. The largest absolute Gasteiger partial charge is 0.495 e. The molecule has 10 nitrogen and oxygen atoms in total. The number of ether oxygens (including phenoxy) is 3. The summed E-state index contributed by atoms with van der Waals surface area (Å²) in [7, 11) is 6.36. The lowest BCUT2D eigenvalue weighted by atomic mass is 10.2. The smallest absolute Gasteiger partial charge is 0.251 e. The van der Waals surface area contributed by atoms with Crippen LogP contribution in [0.25, 0.3) is 0 Å². The van der Waals surface area contributed by atoms with Crippen LogP contribution in [-0.4, -0.2) is 53.7 Å². The van der Waals surface area contributed by atoms with Gasteiger partial charge in [0.05, 0.1) is 39.3 Å². The summed E-state index contributed by atoms with van der Waals surface area (Å²) >= 11 is 1.24. The standard InChI is InChI=1S/C22H25N5O5S/c1-27-19(12-23-21(29)14-9-10-17(31-3)18(11-14)32-4)25-26-22(27)33-13-20(28)24-15-7-5-6-8-16(15)30-2/h5-11H,12-13H2,1-4H3,(H,23,29)(H,24,28). The maximum Gasteiger partial charge on any atom is 0.251 e. The van der Waals surface area contributed by atoms with Gasteiger partial charge in [-0.3, -0.25) is 9.59 Å². The van der Waals surface area contributed by atoms with Crippen molar-refractivity contribution in [1.82, 2.24) is 20.1 Å². The van der Waals surface area contributed by atoms with Crippen LogP contribution in [-0.2, 0) is 18.4 Å². The lowest BCUT2D eigenvalue weighted by Gasteiger charge is -2.10. The molecule has 33 heavy (non-hydrogen) atoms. The monoisotopic (exact) mass is 471 g/mol. The number of para-hydroxylation sites is 2. The van der Waals surface area contributed by atoms with Gasteiger partial charge in [0.15, 0.2) is 22.5 Å². The van der Waals surface area contributed by atoms with Crippen molar-refractivity contribution in [2.45, 2.75) is 11.7 Å². The molecular formula is C22H25N5O5S. The van der Waals surface area contributed by atoms with Gasteiger partial charge in [0.25, 0.3) is 5.91 Å². The Morgan fingerprint density at radius 1 is 0.970 bits per heavy atom. The Labute approximate surface area is 195 Å². The fraction of sp³-hybridized carbons (Fsp3) is 0.273. The molecule has 0 aliphatic heterocycles. The van der Waals surface area contributed by atoms with Crippen LogP contribution in [0.4, 0.5) is 5.69 Å². The Kier molecular flexibility index (Phi) is 8.14. The molecule has 0 saturated carbocycles. The van der Waals surface area contributed by atoms with Crippen molar-refractivity contribution in [1.29, 1.82) is 0 Å². The molecule has 1 aromatic heterocycles. The lowest BCUT2D eigenvalue weighted by molar-refractivity contribution is -0.113. The maximum atomic E-state index is 12.5. The van der Waals surface area contributed by atoms with Crippen LogP contribution in [0.5, 0.6) is 17.2 Å². The third kappa shape index (κ3) is 5.95. The number of carbonyl (C=O) groups is 2. The second-order valence-electron chi connectivity index (χ2n) is 6.75. The average Bonchev–Trinajstić information content (AvgIpc) is 3.20. The molecule has 2 aromatic carbocycles. The maximum absolute atomic E-state index is 12.5. The van der Waals surface area contributed by atoms with Crippen LogP contribution in [0.3, 0.4) is 0 Å². The van der Waals surface area contributed by atoms with Crippen molar-refractivity contribution >= 4 is 29.3 Å². The van der Waals surface area contributed by atoms with E-state index in [0.29, 0.717) is 39.5 Å². The number of hydrogen-bond acceptors (Lipinski definition) is 8. The average molecular weight is 472 g/mol. The SMILES string of the molecule is COc1ccccc1NC(=O)CSc1nnc(CNC(=O)c2ccc(OC)c(OC)c2)n1C. The fourth-order valence-corrected chi connectivity index (χ4v) is 3.66. The first kappa shape index (κ1) is 23.9. The number of amides is 2. The summed E-state index contributed by atoms with van der Waals surface area (Å²) in [5, 5.41) is 14.4. The quantitative estimate of drug-likeness (QED) is 0.433. The van der Waals surface area contributed by atoms with E-state index in [2.05, 4.69) is 20.8 Å². The molecular weight excluding hydrogens is 446 g/mol. The van der Waals surface area contributed by atoms with Crippen LogP contribution in [0.15, 0.2) is 47.6 Å². The molecule has 174 valence electrons. The molecule has 0 saturated heterocycles. The number of methoxy groups -OCH3 is 3. The van der Waals surface area contributed by atoms with Crippen molar-refractivity contribution in [2.75, 3.05) is 32.4 Å². The highest BCUT2D eigenvalue weighted by Crippen LogP contribution is 2.27. The molecule has 1 heterocycles. The molecule has 0 bridgehead atoms. The minimum absolute atomic E-state index is 0.141. The topological polar surface area (TPSA) is 117 Å². The van der Waals surface area contributed by atoms with E-state index < -0.39 is 0 Å². The molecule has 3 aromatic rings. The normalized spacial score (nSPS) is 10.4. The minimum atomic E-state index is -0.288. The van der Waals surface area contributed by atoms with Gasteiger partial charge in [0.1, 0.15) is 5.75 Å². The molecule has 0 radical (unpaired) electrons. The summed E-state index contributed by atoms with van der Waals surface area (Å²) in [4.78, 5) is 24.8. The van der Waals surface area contributed by atoms with E-state index in [4.69, 9.17) is 14.2 Å².